The second-order valence-electron chi connectivity index (χ2n) is 21.6. The monoisotopic (exact) mass is 1010 g/mol. The van der Waals surface area contributed by atoms with Crippen molar-refractivity contribution in [3.05, 3.63) is 285 Å². The molecule has 5 heterocycles. The number of hydrogen-bond donors (Lipinski definition) is 2. The molecule has 0 atom stereocenters. The summed E-state index contributed by atoms with van der Waals surface area (Å²) in [6.07, 6.45) is 61.3. The number of nitrogens with one attached hydrogen (secondary N) is 2. The van der Waals surface area contributed by atoms with Gasteiger partial charge < -0.3 is 9.97 Å². The molecule has 2 aliphatic heterocycles. The standard InChI is InChI=1S/C75H58N4/c1-43-56(50-20-8-9-21-50)40-57(51-22-10-11-23-51)44(2)70(43)73-64-34-32-62(76-64)49(7)63-33-35-65(77-63)74(71-45(3)58(52-24-12-13-25-52)41-59(46(71)4)53-26-14-15-27-53)67-37-39-69(79-67)75(68-38-36-66(73)78-68)72-47(5)60(54-28-16-17-29-54)42-61(48(72)6)55-30-18-19-31-55/h8-42,76,79H,1-7H3. The Hall–Kier alpha value is -8.86. The third-order valence-corrected chi connectivity index (χ3v) is 17.1. The normalized spacial score (nSPS) is 16.5. The van der Waals surface area contributed by atoms with Crippen LogP contribution in [0.3, 0.4) is 0 Å². The summed E-state index contributed by atoms with van der Waals surface area (Å²) < 4.78 is 0. The van der Waals surface area contributed by atoms with Crippen LogP contribution in [0.4, 0.5) is 0 Å². The van der Waals surface area contributed by atoms with Crippen LogP contribution in [0.25, 0.3) is 113 Å². The lowest BCUT2D eigenvalue weighted by molar-refractivity contribution is 1.26. The molecule has 0 spiro atoms. The van der Waals surface area contributed by atoms with Crippen LogP contribution in [0.15, 0.2) is 152 Å². The third kappa shape index (κ3) is 8.02. The highest BCUT2D eigenvalue weighted by Gasteiger charge is 2.28. The van der Waals surface area contributed by atoms with Gasteiger partial charge in [0.25, 0.3) is 0 Å². The predicted molar refractivity (Wildman–Crippen MR) is 337 cm³/mol. The Morgan fingerprint density at radius 3 is 0.886 bits per heavy atom. The van der Waals surface area contributed by atoms with Gasteiger partial charge in [-0.1, -0.05) is 109 Å². The minimum atomic E-state index is 0.889. The second kappa shape index (κ2) is 19.2. The van der Waals surface area contributed by atoms with E-state index in [4.69, 9.17) is 9.97 Å². The number of fused-ring (bicyclic) bond motifs is 8. The topological polar surface area (TPSA) is 57.4 Å². The molecule has 4 nitrogen and oxygen atoms in total. The molecule has 79 heavy (non-hydrogen) atoms. The molecule has 3 aromatic heterocycles. The van der Waals surface area contributed by atoms with Crippen molar-refractivity contribution in [1.29, 1.82) is 0 Å². The first-order valence-electron chi connectivity index (χ1n) is 27.5. The Balaban J connectivity index is 1.15. The maximum absolute atomic E-state index is 5.93. The number of benzene rings is 3. The number of aromatic nitrogens is 4. The molecular formula is C75H58N4. The fraction of sp³-hybridized carbons (Fsp3) is 0.0933. The third-order valence-electron chi connectivity index (χ3n) is 17.1. The maximum Gasteiger partial charge on any atom is 0.0737 e. The number of hydrogen-bond acceptors (Lipinski definition) is 2. The SMILES string of the molecule is Cc1c(C2=CC=C[CH]2)cc(C2=C[CH]C=C2)c(C)c1-c1c2nc(c(-c3c(C)c(C4=CC=C[CH]4)cc(C4=C[CH]C=C4)c3C)c3ccc([nH]3)c(-c3c(C)c(C4=CC=C[CH]4)cc(C4=C[CH]C=C4)c3C)c3nc(c(C)c4ccc1[nH]4)C=C3)C=C2. The second-order valence-corrected chi connectivity index (χ2v) is 21.6. The van der Waals surface area contributed by atoms with Gasteiger partial charge in [0.2, 0.25) is 0 Å². The lowest BCUT2D eigenvalue weighted by atomic mass is 9.83. The van der Waals surface area contributed by atoms with Gasteiger partial charge in [-0.05, 0) is 238 Å². The van der Waals surface area contributed by atoms with E-state index in [-0.39, 0.29) is 0 Å². The van der Waals surface area contributed by atoms with E-state index in [1.165, 1.54) is 111 Å². The van der Waals surface area contributed by atoms with Gasteiger partial charge >= 0.3 is 0 Å². The zero-order valence-electron chi connectivity index (χ0n) is 45.6. The smallest absolute Gasteiger partial charge is 0.0737 e. The molecule has 0 unspecified atom stereocenters. The van der Waals surface area contributed by atoms with E-state index < -0.39 is 0 Å². The molecule has 8 aliphatic rings. The molecule has 0 saturated heterocycles. The van der Waals surface area contributed by atoms with Gasteiger partial charge in [-0.3, -0.25) is 0 Å². The molecule has 4 heteroatoms. The van der Waals surface area contributed by atoms with Crippen molar-refractivity contribution in [2.45, 2.75) is 48.5 Å². The van der Waals surface area contributed by atoms with E-state index >= 15 is 0 Å². The highest BCUT2D eigenvalue weighted by Crippen LogP contribution is 2.48. The maximum atomic E-state index is 5.93. The quantitative estimate of drug-likeness (QED) is 0.151. The molecule has 8 bridgehead atoms. The van der Waals surface area contributed by atoms with Crippen LogP contribution < -0.4 is 0 Å². The van der Waals surface area contributed by atoms with Gasteiger partial charge in [-0.2, -0.15) is 0 Å². The Labute approximate surface area is 464 Å². The van der Waals surface area contributed by atoms with Crippen molar-refractivity contribution < 1.29 is 0 Å². The van der Waals surface area contributed by atoms with Gasteiger partial charge in [0.1, 0.15) is 0 Å². The van der Waals surface area contributed by atoms with Crippen molar-refractivity contribution in [3.63, 3.8) is 0 Å². The Morgan fingerprint density at radius 1 is 0.266 bits per heavy atom. The zero-order chi connectivity index (χ0) is 53.6. The van der Waals surface area contributed by atoms with Crippen LogP contribution in [-0.4, -0.2) is 19.9 Å². The van der Waals surface area contributed by atoms with E-state index in [1.54, 1.807) is 0 Å². The molecule has 3 aromatic carbocycles. The predicted octanol–water partition coefficient (Wildman–Crippen LogP) is 18.8. The summed E-state index contributed by atoms with van der Waals surface area (Å²) in [5.41, 5.74) is 36.9. The Bertz CT molecular complexity index is 4280. The van der Waals surface area contributed by atoms with Crippen LogP contribution in [0, 0.1) is 87.0 Å². The highest BCUT2D eigenvalue weighted by molar-refractivity contribution is 6.04. The number of aryl methyl sites for hydroxylation is 1. The number of H-pyrrole nitrogens is 2. The van der Waals surface area contributed by atoms with Gasteiger partial charge in [0, 0.05) is 77.3 Å². The minimum absolute atomic E-state index is 0.889. The molecule has 6 aromatic rings. The van der Waals surface area contributed by atoms with Crippen molar-refractivity contribution in [2.75, 3.05) is 0 Å². The van der Waals surface area contributed by atoms with E-state index in [0.717, 1.165) is 72.7 Å². The molecule has 6 aliphatic carbocycles. The van der Waals surface area contributed by atoms with Crippen LogP contribution in [0.1, 0.15) is 95.1 Å². The Kier molecular flexibility index (Phi) is 11.8. The molecule has 14 rings (SSSR count). The van der Waals surface area contributed by atoms with Crippen molar-refractivity contribution in [3.8, 4) is 33.4 Å². The highest BCUT2D eigenvalue weighted by atomic mass is 14.8. The van der Waals surface area contributed by atoms with E-state index in [1.807, 2.05) is 0 Å². The number of allylic oxidation sites excluding steroid dienone is 24. The summed E-state index contributed by atoms with van der Waals surface area (Å²) in [5.74, 6) is 0. The number of rotatable bonds is 9. The average Bonchev–Trinajstić information content (AvgIpc) is 4.30. The van der Waals surface area contributed by atoms with E-state index in [9.17, 15) is 0 Å². The molecule has 0 saturated carbocycles. The van der Waals surface area contributed by atoms with Crippen molar-refractivity contribution in [2.24, 2.45) is 0 Å². The first-order valence-corrected chi connectivity index (χ1v) is 27.5. The van der Waals surface area contributed by atoms with Gasteiger partial charge in [0.05, 0.1) is 22.8 Å². The average molecular weight is 1020 g/mol. The summed E-state index contributed by atoms with van der Waals surface area (Å²) in [6.45, 7) is 15.9. The fourth-order valence-electron chi connectivity index (χ4n) is 13.1. The number of aromatic amines is 2. The van der Waals surface area contributed by atoms with Gasteiger partial charge in [-0.15, -0.1) is 0 Å². The van der Waals surface area contributed by atoms with Crippen molar-refractivity contribution in [1.82, 2.24) is 19.9 Å². The minimum Gasteiger partial charge on any atom is -0.355 e. The van der Waals surface area contributed by atoms with E-state index in [2.05, 4.69) is 273 Å². The van der Waals surface area contributed by atoms with Gasteiger partial charge in [-0.25, -0.2) is 9.97 Å². The summed E-state index contributed by atoms with van der Waals surface area (Å²) in [7, 11) is 0. The molecule has 378 valence electrons. The number of nitrogens with zero attached hydrogens (tertiary/aromatic N) is 2. The summed E-state index contributed by atoms with van der Waals surface area (Å²) in [5, 5.41) is 0. The largest absolute Gasteiger partial charge is 0.355 e. The van der Waals surface area contributed by atoms with E-state index in [0.29, 0.717) is 0 Å². The Morgan fingerprint density at radius 2 is 0.570 bits per heavy atom. The zero-order valence-corrected chi connectivity index (χ0v) is 45.6. The lowest BCUT2D eigenvalue weighted by Gasteiger charge is -2.21. The van der Waals surface area contributed by atoms with Crippen LogP contribution in [0.2, 0.25) is 0 Å². The first-order chi connectivity index (χ1) is 38.6. The lowest BCUT2D eigenvalue weighted by Crippen LogP contribution is -2.02. The van der Waals surface area contributed by atoms with Crippen LogP contribution in [0.5, 0.6) is 0 Å². The first kappa shape index (κ1) is 48.5. The van der Waals surface area contributed by atoms with Crippen molar-refractivity contribution >= 4 is 79.8 Å². The molecule has 2 N–H and O–H groups in total. The fourth-order valence-corrected chi connectivity index (χ4v) is 13.1. The van der Waals surface area contributed by atoms with Crippen LogP contribution in [-0.2, 0) is 0 Å². The molecular weight excluding hydrogens is 957 g/mol. The molecule has 0 amide bonds. The summed E-state index contributed by atoms with van der Waals surface area (Å²) in [4.78, 5) is 19.7. The summed E-state index contributed by atoms with van der Waals surface area (Å²) >= 11 is 0. The molecule has 6 radical (unpaired) electrons. The summed E-state index contributed by atoms with van der Waals surface area (Å²) in [6, 6.07) is 16.2. The molecule has 0 fully saturated rings. The van der Waals surface area contributed by atoms with Gasteiger partial charge in [0.15, 0.2) is 0 Å². The van der Waals surface area contributed by atoms with Crippen LogP contribution >= 0.6 is 0 Å².